The van der Waals surface area contributed by atoms with Crippen molar-refractivity contribution in [1.29, 1.82) is 0 Å². The second kappa shape index (κ2) is 14.9. The molecule has 0 aromatic heterocycles. The zero-order chi connectivity index (χ0) is 19.1. The molecule has 1 aliphatic carbocycles. The molecule has 1 saturated carbocycles. The molecule has 1 fully saturated rings. The molecule has 1 N–H and O–H groups in total. The topological polar surface area (TPSA) is 46.5 Å². The molecule has 0 bridgehead atoms. The average Bonchev–Trinajstić information content (AvgIpc) is 2.39. The van der Waals surface area contributed by atoms with E-state index in [2.05, 4.69) is 26.3 Å². The molecule has 0 saturated heterocycles. The maximum atomic E-state index is 8.66. The van der Waals surface area contributed by atoms with Crippen molar-refractivity contribution in [3.05, 3.63) is 25.0 Å². The van der Waals surface area contributed by atoms with Gasteiger partial charge in [0.1, 0.15) is 6.79 Å². The fourth-order valence-electron chi connectivity index (χ4n) is 2.11. The Balaban J connectivity index is -0.000000304. The van der Waals surface area contributed by atoms with E-state index >= 15 is 0 Å². The van der Waals surface area contributed by atoms with E-state index in [1.165, 1.54) is 37.7 Å². The molecule has 1 rings (SSSR count). The second-order valence-electron chi connectivity index (χ2n) is 7.60. The minimum Gasteiger partial charge on any atom is -0.550 e. The zero-order valence-corrected chi connectivity index (χ0v) is 18.6. The van der Waals surface area contributed by atoms with Gasteiger partial charge in [0, 0.05) is 0 Å². The standard InChI is InChI=1S/C10H20OSi.C4H8.C3H10OSi.CH2O/c1-4-11-12(2,3)10-8-6-5-7-9-10;1-4(2)3;1-5(2,3)4;1-2/h4,10H,1,5-9H2,2-3H3;1H2,2-3H3;4H,1-3H3;1H2. The van der Waals surface area contributed by atoms with Gasteiger partial charge in [-0.15, -0.1) is 6.58 Å². The zero-order valence-electron chi connectivity index (χ0n) is 16.6. The van der Waals surface area contributed by atoms with Crippen molar-refractivity contribution in [2.75, 3.05) is 0 Å². The summed E-state index contributed by atoms with van der Waals surface area (Å²) >= 11 is 0. The third-order valence-corrected chi connectivity index (χ3v) is 6.29. The number of hydrogen-bond donors (Lipinski definition) is 1. The molecule has 0 heterocycles. The lowest BCUT2D eigenvalue weighted by Crippen LogP contribution is -2.35. The van der Waals surface area contributed by atoms with Crippen LogP contribution < -0.4 is 0 Å². The highest BCUT2D eigenvalue weighted by molar-refractivity contribution is 6.72. The van der Waals surface area contributed by atoms with Crippen LogP contribution in [0, 0.1) is 0 Å². The maximum Gasteiger partial charge on any atom is 0.247 e. The van der Waals surface area contributed by atoms with Gasteiger partial charge in [-0.05, 0) is 65.0 Å². The molecule has 0 spiro atoms. The lowest BCUT2D eigenvalue weighted by atomic mass is 10.0. The van der Waals surface area contributed by atoms with Crippen molar-refractivity contribution in [2.45, 2.75) is 84.2 Å². The Morgan fingerprint density at radius 1 is 1.04 bits per heavy atom. The van der Waals surface area contributed by atoms with Crippen molar-refractivity contribution in [3.63, 3.8) is 0 Å². The summed E-state index contributed by atoms with van der Waals surface area (Å²) in [4.78, 5) is 16.7. The van der Waals surface area contributed by atoms with Crippen LogP contribution in [0.1, 0.15) is 46.0 Å². The summed E-state index contributed by atoms with van der Waals surface area (Å²) < 4.78 is 5.67. The van der Waals surface area contributed by atoms with Crippen LogP contribution >= 0.6 is 0 Å². The van der Waals surface area contributed by atoms with Crippen LogP contribution in [0.25, 0.3) is 0 Å². The van der Waals surface area contributed by atoms with Gasteiger partial charge in [-0.25, -0.2) is 0 Å². The van der Waals surface area contributed by atoms with Gasteiger partial charge >= 0.3 is 0 Å². The predicted molar refractivity (Wildman–Crippen MR) is 109 cm³/mol. The summed E-state index contributed by atoms with van der Waals surface area (Å²) in [6.45, 7) is 23.4. The van der Waals surface area contributed by atoms with Crippen molar-refractivity contribution in [2.24, 2.45) is 0 Å². The first kappa shape index (κ1) is 27.2. The molecular weight excluding hydrogens is 320 g/mol. The molecule has 0 radical (unpaired) electrons. The number of carbonyl (C=O) groups excluding carboxylic acids is 1. The van der Waals surface area contributed by atoms with E-state index in [1.54, 1.807) is 6.26 Å². The summed E-state index contributed by atoms with van der Waals surface area (Å²) in [5, 5.41) is 0. The highest BCUT2D eigenvalue weighted by atomic mass is 28.4. The molecule has 3 nitrogen and oxygen atoms in total. The number of hydrogen-bond acceptors (Lipinski definition) is 3. The van der Waals surface area contributed by atoms with Gasteiger partial charge in [0.25, 0.3) is 0 Å². The molecule has 138 valence electrons. The summed E-state index contributed by atoms with van der Waals surface area (Å²) in [7, 11) is -3.03. The Morgan fingerprint density at radius 2 is 1.35 bits per heavy atom. The molecule has 0 unspecified atom stereocenters. The quantitative estimate of drug-likeness (QED) is 0.387. The average molecular weight is 361 g/mol. The van der Waals surface area contributed by atoms with Gasteiger partial charge in [-0.1, -0.05) is 31.4 Å². The monoisotopic (exact) mass is 360 g/mol. The van der Waals surface area contributed by atoms with Crippen LogP contribution in [0.2, 0.25) is 38.3 Å². The first-order chi connectivity index (χ1) is 10.4. The third kappa shape index (κ3) is 26.6. The van der Waals surface area contributed by atoms with E-state index in [9.17, 15) is 0 Å². The maximum absolute atomic E-state index is 8.66. The van der Waals surface area contributed by atoms with Crippen molar-refractivity contribution < 1.29 is 14.0 Å². The Labute approximate surface area is 147 Å². The van der Waals surface area contributed by atoms with Gasteiger partial charge in [-0.3, -0.25) is 0 Å². The first-order valence-corrected chi connectivity index (χ1v) is 14.8. The van der Waals surface area contributed by atoms with Crippen LogP contribution in [0.3, 0.4) is 0 Å². The summed E-state index contributed by atoms with van der Waals surface area (Å²) in [5.74, 6) is 0. The normalized spacial score (nSPS) is 14.6. The lowest BCUT2D eigenvalue weighted by Gasteiger charge is -2.33. The Morgan fingerprint density at radius 3 is 1.61 bits per heavy atom. The van der Waals surface area contributed by atoms with Gasteiger partial charge in [0.2, 0.25) is 8.32 Å². The molecule has 1 aliphatic rings. The Kier molecular flexibility index (Phi) is 17.6. The summed E-state index contributed by atoms with van der Waals surface area (Å²) in [5.41, 5.74) is 2.03. The molecule has 0 atom stereocenters. The van der Waals surface area contributed by atoms with E-state index in [1.807, 2.05) is 40.3 Å². The summed E-state index contributed by atoms with van der Waals surface area (Å²) in [6.07, 6.45) is 8.64. The fraction of sp³-hybridized carbons (Fsp3) is 0.722. The van der Waals surface area contributed by atoms with E-state index in [4.69, 9.17) is 14.0 Å². The molecular formula is C18H40O3Si2. The molecule has 0 aliphatic heterocycles. The minimum atomic E-state index is -1.61. The number of allylic oxidation sites excluding steroid dienone is 1. The fourth-order valence-corrected chi connectivity index (χ4v) is 4.53. The molecule has 0 aromatic rings. The molecule has 5 heteroatoms. The Bertz CT molecular complexity index is 294. The van der Waals surface area contributed by atoms with Crippen molar-refractivity contribution >= 4 is 23.4 Å². The largest absolute Gasteiger partial charge is 0.550 e. The van der Waals surface area contributed by atoms with Crippen molar-refractivity contribution in [1.82, 2.24) is 0 Å². The third-order valence-electron chi connectivity index (χ3n) is 2.98. The second-order valence-corrected chi connectivity index (χ2v) is 16.2. The Hall–Kier alpha value is -0.656. The van der Waals surface area contributed by atoms with E-state index < -0.39 is 16.6 Å². The molecule has 23 heavy (non-hydrogen) atoms. The minimum absolute atomic E-state index is 0.865. The molecule has 0 aromatic carbocycles. The molecule has 0 amide bonds. The number of carbonyl (C=O) groups is 1. The van der Waals surface area contributed by atoms with Crippen LogP contribution in [-0.2, 0) is 9.22 Å². The van der Waals surface area contributed by atoms with Gasteiger partial charge in [-0.2, -0.15) is 0 Å². The SMILES string of the molecule is C=C(C)C.C=CO[Si](C)(C)C1CCCCC1.C=O.C[Si](C)(C)O. The lowest BCUT2D eigenvalue weighted by molar-refractivity contribution is -0.0979. The smallest absolute Gasteiger partial charge is 0.247 e. The van der Waals surface area contributed by atoms with Gasteiger partial charge in [0.15, 0.2) is 8.32 Å². The van der Waals surface area contributed by atoms with E-state index in [-0.39, 0.29) is 0 Å². The highest BCUT2D eigenvalue weighted by Crippen LogP contribution is 2.37. The van der Waals surface area contributed by atoms with Crippen molar-refractivity contribution in [3.8, 4) is 0 Å². The van der Waals surface area contributed by atoms with E-state index in [0.29, 0.717) is 0 Å². The number of rotatable bonds is 3. The highest BCUT2D eigenvalue weighted by Gasteiger charge is 2.34. The van der Waals surface area contributed by atoms with Crippen LogP contribution in [-0.4, -0.2) is 28.2 Å². The van der Waals surface area contributed by atoms with Gasteiger partial charge in [0.05, 0.1) is 6.26 Å². The first-order valence-electron chi connectivity index (χ1n) is 8.32. The van der Waals surface area contributed by atoms with Gasteiger partial charge < -0.3 is 14.0 Å². The van der Waals surface area contributed by atoms with Crippen LogP contribution in [0.4, 0.5) is 0 Å². The predicted octanol–water partition coefficient (Wildman–Crippen LogP) is 5.90. The van der Waals surface area contributed by atoms with Crippen LogP contribution in [0.15, 0.2) is 25.0 Å². The van der Waals surface area contributed by atoms with Crippen LogP contribution in [0.5, 0.6) is 0 Å². The summed E-state index contributed by atoms with van der Waals surface area (Å²) in [6, 6.07) is 0. The van der Waals surface area contributed by atoms with E-state index in [0.717, 1.165) is 5.54 Å².